The van der Waals surface area contributed by atoms with Crippen molar-refractivity contribution in [2.45, 2.75) is 38.1 Å². The highest BCUT2D eigenvalue weighted by atomic mass is 35.5. The summed E-state index contributed by atoms with van der Waals surface area (Å²) in [5, 5.41) is 3.27. The lowest BCUT2D eigenvalue weighted by Crippen LogP contribution is -2.49. The van der Waals surface area contributed by atoms with Crippen molar-refractivity contribution in [3.8, 4) is 0 Å². The van der Waals surface area contributed by atoms with E-state index in [9.17, 15) is 4.79 Å². The fourth-order valence-electron chi connectivity index (χ4n) is 2.33. The topological polar surface area (TPSA) is 32.3 Å². The molecule has 2 rings (SSSR count). The number of carbonyl (C=O) groups is 1. The number of hydrogen-bond donors (Lipinski definition) is 1. The molecule has 2 aliphatic rings. The average Bonchev–Trinajstić information content (AvgIpc) is 2.15. The Kier molecular flexibility index (Phi) is 4.87. The highest BCUT2D eigenvalue weighted by molar-refractivity contribution is 5.85. The molecule has 1 saturated carbocycles. The van der Waals surface area contributed by atoms with Gasteiger partial charge >= 0.3 is 0 Å². The lowest BCUT2D eigenvalue weighted by atomic mass is 9.84. The van der Waals surface area contributed by atoms with E-state index in [0.29, 0.717) is 17.9 Å². The summed E-state index contributed by atoms with van der Waals surface area (Å²) in [6, 6.07) is 0.521. The van der Waals surface area contributed by atoms with Crippen LogP contribution in [0.5, 0.6) is 0 Å². The number of carbonyl (C=O) groups excluding carboxylic acids is 1. The minimum absolute atomic E-state index is 0. The van der Waals surface area contributed by atoms with Gasteiger partial charge in [-0.2, -0.15) is 0 Å². The van der Waals surface area contributed by atoms with Crippen LogP contribution >= 0.6 is 12.4 Å². The highest BCUT2D eigenvalue weighted by Crippen LogP contribution is 2.29. The highest BCUT2D eigenvalue weighted by Gasteiger charge is 2.31. The van der Waals surface area contributed by atoms with E-state index in [-0.39, 0.29) is 12.4 Å². The van der Waals surface area contributed by atoms with E-state index >= 15 is 0 Å². The number of rotatable bonds is 2. The fourth-order valence-corrected chi connectivity index (χ4v) is 2.33. The molecule has 1 heterocycles. The first-order valence-corrected chi connectivity index (χ1v) is 5.77. The van der Waals surface area contributed by atoms with Crippen LogP contribution in [-0.2, 0) is 4.79 Å². The molecule has 0 aromatic carbocycles. The van der Waals surface area contributed by atoms with Gasteiger partial charge in [0, 0.05) is 25.0 Å². The number of likely N-dealkylation sites (tertiary alicyclic amines) is 1. The van der Waals surface area contributed by atoms with Crippen molar-refractivity contribution in [2.24, 2.45) is 5.92 Å². The molecular formula is C11H21ClN2O. The Balaban J connectivity index is 0.00000112. The molecular weight excluding hydrogens is 212 g/mol. The molecule has 1 aliphatic heterocycles. The van der Waals surface area contributed by atoms with Gasteiger partial charge in [0.1, 0.15) is 0 Å². The number of likely N-dealkylation sites (N-methyl/N-ethyl adjacent to an activating group) is 1. The zero-order chi connectivity index (χ0) is 9.97. The molecule has 0 spiro atoms. The van der Waals surface area contributed by atoms with Gasteiger partial charge in [-0.25, -0.2) is 0 Å². The van der Waals surface area contributed by atoms with Crippen molar-refractivity contribution in [1.29, 1.82) is 0 Å². The minimum Gasteiger partial charge on any atom is -0.341 e. The number of piperidine rings is 1. The molecule has 0 aromatic heterocycles. The van der Waals surface area contributed by atoms with E-state index in [0.717, 1.165) is 32.4 Å². The lowest BCUT2D eigenvalue weighted by Gasteiger charge is -2.37. The first kappa shape index (κ1) is 12.8. The Bertz CT molecular complexity index is 219. The van der Waals surface area contributed by atoms with Crippen LogP contribution in [0.1, 0.15) is 32.1 Å². The maximum Gasteiger partial charge on any atom is 0.225 e. The molecule has 0 radical (unpaired) electrons. The van der Waals surface area contributed by atoms with E-state index in [1.165, 1.54) is 12.8 Å². The molecule has 3 nitrogen and oxygen atoms in total. The molecule has 0 unspecified atom stereocenters. The zero-order valence-corrected chi connectivity index (χ0v) is 10.2. The standard InChI is InChI=1S/C11H20N2O.ClH/c1-12-10-6-3-7-13(8-10)11(14)9-4-2-5-9;/h9-10,12H,2-8H2,1H3;1H/t10-;/m1./s1. The molecule has 1 aliphatic carbocycles. The van der Waals surface area contributed by atoms with Gasteiger partial charge < -0.3 is 10.2 Å². The molecule has 0 aromatic rings. The van der Waals surface area contributed by atoms with Crippen LogP contribution in [-0.4, -0.2) is 37.0 Å². The molecule has 2 fully saturated rings. The van der Waals surface area contributed by atoms with Crippen molar-refractivity contribution >= 4 is 18.3 Å². The first-order chi connectivity index (χ1) is 6.81. The monoisotopic (exact) mass is 232 g/mol. The summed E-state index contributed by atoms with van der Waals surface area (Å²) in [5.41, 5.74) is 0. The van der Waals surface area contributed by atoms with Gasteiger partial charge in [0.05, 0.1) is 0 Å². The van der Waals surface area contributed by atoms with E-state index in [1.54, 1.807) is 0 Å². The van der Waals surface area contributed by atoms with Crippen molar-refractivity contribution < 1.29 is 4.79 Å². The van der Waals surface area contributed by atoms with Crippen LogP contribution in [0.2, 0.25) is 0 Å². The Hall–Kier alpha value is -0.280. The smallest absolute Gasteiger partial charge is 0.225 e. The summed E-state index contributed by atoms with van der Waals surface area (Å²) >= 11 is 0. The van der Waals surface area contributed by atoms with Crippen LogP contribution in [0.25, 0.3) is 0 Å². The number of nitrogens with one attached hydrogen (secondary N) is 1. The van der Waals surface area contributed by atoms with Gasteiger partial charge in [0.2, 0.25) is 5.91 Å². The SMILES string of the molecule is CN[C@@H]1CCCN(C(=O)C2CCC2)C1.Cl. The summed E-state index contributed by atoms with van der Waals surface area (Å²) in [5.74, 6) is 0.779. The predicted molar refractivity (Wildman–Crippen MR) is 63.3 cm³/mol. The Morgan fingerprint density at radius 3 is 2.53 bits per heavy atom. The molecule has 0 bridgehead atoms. The van der Waals surface area contributed by atoms with Crippen LogP contribution in [0.4, 0.5) is 0 Å². The molecule has 15 heavy (non-hydrogen) atoms. The maximum atomic E-state index is 11.9. The van der Waals surface area contributed by atoms with Crippen LogP contribution in [0.15, 0.2) is 0 Å². The number of hydrogen-bond acceptors (Lipinski definition) is 2. The van der Waals surface area contributed by atoms with Crippen molar-refractivity contribution in [3.05, 3.63) is 0 Å². The van der Waals surface area contributed by atoms with Crippen molar-refractivity contribution in [3.63, 3.8) is 0 Å². The van der Waals surface area contributed by atoms with Gasteiger partial charge in [0.25, 0.3) is 0 Å². The zero-order valence-electron chi connectivity index (χ0n) is 9.37. The number of nitrogens with zero attached hydrogens (tertiary/aromatic N) is 1. The number of amides is 1. The van der Waals surface area contributed by atoms with Crippen LogP contribution in [0.3, 0.4) is 0 Å². The predicted octanol–water partition coefficient (Wildman–Crippen LogP) is 1.42. The lowest BCUT2D eigenvalue weighted by molar-refractivity contribution is -0.139. The second-order valence-corrected chi connectivity index (χ2v) is 4.54. The van der Waals surface area contributed by atoms with E-state index in [4.69, 9.17) is 0 Å². The van der Waals surface area contributed by atoms with Gasteiger partial charge in [0.15, 0.2) is 0 Å². The quantitative estimate of drug-likeness (QED) is 0.781. The third kappa shape index (κ3) is 2.85. The summed E-state index contributed by atoms with van der Waals surface area (Å²) in [7, 11) is 1.99. The summed E-state index contributed by atoms with van der Waals surface area (Å²) in [6.07, 6.45) is 5.87. The maximum absolute atomic E-state index is 11.9. The summed E-state index contributed by atoms with van der Waals surface area (Å²) in [4.78, 5) is 14.0. The van der Waals surface area contributed by atoms with E-state index < -0.39 is 0 Å². The second-order valence-electron chi connectivity index (χ2n) is 4.54. The van der Waals surface area contributed by atoms with E-state index in [2.05, 4.69) is 10.2 Å². The largest absolute Gasteiger partial charge is 0.341 e. The third-order valence-corrected chi connectivity index (χ3v) is 3.60. The van der Waals surface area contributed by atoms with Crippen molar-refractivity contribution in [1.82, 2.24) is 10.2 Å². The molecule has 1 atom stereocenters. The first-order valence-electron chi connectivity index (χ1n) is 5.77. The normalized spacial score (nSPS) is 26.7. The Morgan fingerprint density at radius 2 is 2.00 bits per heavy atom. The molecule has 1 saturated heterocycles. The van der Waals surface area contributed by atoms with Gasteiger partial charge in [-0.15, -0.1) is 12.4 Å². The van der Waals surface area contributed by atoms with Gasteiger partial charge in [-0.3, -0.25) is 4.79 Å². The summed E-state index contributed by atoms with van der Waals surface area (Å²) < 4.78 is 0. The minimum atomic E-state index is 0. The van der Waals surface area contributed by atoms with Gasteiger partial charge in [-0.1, -0.05) is 6.42 Å². The third-order valence-electron chi connectivity index (χ3n) is 3.60. The molecule has 1 amide bonds. The Labute approximate surface area is 98.0 Å². The van der Waals surface area contributed by atoms with Crippen LogP contribution < -0.4 is 5.32 Å². The molecule has 88 valence electrons. The fraction of sp³-hybridized carbons (Fsp3) is 0.909. The second kappa shape index (κ2) is 5.71. The molecule has 1 N–H and O–H groups in total. The van der Waals surface area contributed by atoms with Gasteiger partial charge in [-0.05, 0) is 32.7 Å². The average molecular weight is 233 g/mol. The Morgan fingerprint density at radius 1 is 1.27 bits per heavy atom. The molecule has 4 heteroatoms. The number of halogens is 1. The van der Waals surface area contributed by atoms with Crippen molar-refractivity contribution in [2.75, 3.05) is 20.1 Å². The van der Waals surface area contributed by atoms with Crippen LogP contribution in [0, 0.1) is 5.92 Å². The summed E-state index contributed by atoms with van der Waals surface area (Å²) in [6.45, 7) is 1.90. The van der Waals surface area contributed by atoms with E-state index in [1.807, 2.05) is 7.05 Å².